The molecule has 1 aromatic carbocycles. The summed E-state index contributed by atoms with van der Waals surface area (Å²) in [5.74, 6) is 0.260. The Bertz CT molecular complexity index is 728. The van der Waals surface area contributed by atoms with Crippen molar-refractivity contribution in [3.05, 3.63) is 41.7 Å². The molecule has 0 bridgehead atoms. The smallest absolute Gasteiger partial charge is 0.261 e. The number of nitrogens with zero attached hydrogens (tertiary/aromatic N) is 3. The van der Waals surface area contributed by atoms with E-state index in [4.69, 9.17) is 5.73 Å². The fraction of sp³-hybridized carbons (Fsp3) is 0.0769. The molecule has 7 heteroatoms. The van der Waals surface area contributed by atoms with Crippen molar-refractivity contribution in [1.82, 2.24) is 14.9 Å². The van der Waals surface area contributed by atoms with Crippen molar-refractivity contribution >= 4 is 29.1 Å². The molecule has 3 rings (SSSR count). The summed E-state index contributed by atoms with van der Waals surface area (Å²) >= 11 is 0. The Labute approximate surface area is 114 Å². The maximum atomic E-state index is 11.9. The number of benzene rings is 1. The lowest BCUT2D eigenvalue weighted by molar-refractivity contribution is 0.0693. The van der Waals surface area contributed by atoms with Gasteiger partial charge >= 0.3 is 0 Å². The van der Waals surface area contributed by atoms with Crippen molar-refractivity contribution in [2.75, 3.05) is 18.1 Å². The first-order valence-corrected chi connectivity index (χ1v) is 5.87. The van der Waals surface area contributed by atoms with E-state index < -0.39 is 0 Å². The van der Waals surface area contributed by atoms with Gasteiger partial charge in [0.1, 0.15) is 18.0 Å². The molecule has 0 spiro atoms. The molecule has 0 aliphatic carbocycles. The monoisotopic (exact) mass is 269 g/mol. The van der Waals surface area contributed by atoms with Gasteiger partial charge in [0.05, 0.1) is 11.1 Å². The number of rotatable bonds is 2. The van der Waals surface area contributed by atoms with Crippen molar-refractivity contribution in [2.24, 2.45) is 0 Å². The second-order valence-electron chi connectivity index (χ2n) is 4.38. The number of anilines is 3. The number of nitrogen functional groups attached to an aromatic ring is 1. The minimum Gasteiger partial charge on any atom is -0.384 e. The van der Waals surface area contributed by atoms with Crippen LogP contribution >= 0.6 is 0 Å². The summed E-state index contributed by atoms with van der Waals surface area (Å²) < 4.78 is 0. The highest BCUT2D eigenvalue weighted by Gasteiger charge is 2.32. The topological polar surface area (TPSA) is 101 Å². The van der Waals surface area contributed by atoms with Gasteiger partial charge < -0.3 is 11.1 Å². The maximum absolute atomic E-state index is 11.9. The molecule has 3 N–H and O–H groups in total. The Hall–Kier alpha value is -2.96. The Balaban J connectivity index is 1.95. The molecular weight excluding hydrogens is 258 g/mol. The van der Waals surface area contributed by atoms with E-state index in [9.17, 15) is 9.59 Å². The molecule has 2 aromatic rings. The van der Waals surface area contributed by atoms with E-state index in [1.54, 1.807) is 24.3 Å². The minimum absolute atomic E-state index is 0.289. The van der Waals surface area contributed by atoms with E-state index >= 15 is 0 Å². The Morgan fingerprint density at radius 2 is 1.85 bits per heavy atom. The highest BCUT2D eigenvalue weighted by atomic mass is 16.2. The van der Waals surface area contributed by atoms with E-state index in [1.807, 2.05) is 0 Å². The largest absolute Gasteiger partial charge is 0.384 e. The molecule has 0 radical (unpaired) electrons. The van der Waals surface area contributed by atoms with E-state index in [1.165, 1.54) is 13.4 Å². The first-order valence-electron chi connectivity index (χ1n) is 5.87. The molecule has 0 saturated carbocycles. The van der Waals surface area contributed by atoms with Gasteiger partial charge in [0.15, 0.2) is 0 Å². The number of imide groups is 1. The number of carbonyl (C=O) groups excluding carboxylic acids is 2. The summed E-state index contributed by atoms with van der Waals surface area (Å²) in [6, 6.07) is 6.52. The first kappa shape index (κ1) is 12.1. The van der Waals surface area contributed by atoms with Crippen LogP contribution in [0.3, 0.4) is 0 Å². The van der Waals surface area contributed by atoms with E-state index in [0.717, 1.165) is 4.90 Å². The van der Waals surface area contributed by atoms with Crippen molar-refractivity contribution < 1.29 is 9.59 Å². The van der Waals surface area contributed by atoms with Crippen LogP contribution in [0.1, 0.15) is 20.7 Å². The Morgan fingerprint density at radius 3 is 2.60 bits per heavy atom. The van der Waals surface area contributed by atoms with Gasteiger partial charge in [-0.05, 0) is 18.2 Å². The summed E-state index contributed by atoms with van der Waals surface area (Å²) in [5, 5.41) is 3.01. The van der Waals surface area contributed by atoms with Crippen LogP contribution in [0.25, 0.3) is 0 Å². The van der Waals surface area contributed by atoms with Gasteiger partial charge in [-0.1, -0.05) is 0 Å². The SMILES string of the molecule is CN1C(=O)c2ccc(Nc3cc(N)ncn3)cc2C1=O. The predicted molar refractivity (Wildman–Crippen MR) is 72.6 cm³/mol. The van der Waals surface area contributed by atoms with Gasteiger partial charge in [-0.2, -0.15) is 0 Å². The molecule has 1 aliphatic heterocycles. The van der Waals surface area contributed by atoms with Gasteiger partial charge in [0.25, 0.3) is 11.8 Å². The number of fused-ring (bicyclic) bond motifs is 1. The molecule has 20 heavy (non-hydrogen) atoms. The minimum atomic E-state index is -0.309. The molecule has 1 aromatic heterocycles. The van der Waals surface area contributed by atoms with Crippen LogP contribution < -0.4 is 11.1 Å². The lowest BCUT2D eigenvalue weighted by atomic mass is 10.1. The fourth-order valence-corrected chi connectivity index (χ4v) is 2.03. The highest BCUT2D eigenvalue weighted by molar-refractivity contribution is 6.21. The van der Waals surface area contributed by atoms with Crippen molar-refractivity contribution in [3.63, 3.8) is 0 Å². The second kappa shape index (κ2) is 4.30. The second-order valence-corrected chi connectivity index (χ2v) is 4.38. The number of hydrogen-bond acceptors (Lipinski definition) is 6. The van der Waals surface area contributed by atoms with Gasteiger partial charge in [-0.15, -0.1) is 0 Å². The van der Waals surface area contributed by atoms with Crippen LogP contribution in [-0.4, -0.2) is 33.7 Å². The zero-order chi connectivity index (χ0) is 14.3. The van der Waals surface area contributed by atoms with Crippen molar-refractivity contribution in [1.29, 1.82) is 0 Å². The number of nitrogens with one attached hydrogen (secondary N) is 1. The molecule has 1 aliphatic rings. The van der Waals surface area contributed by atoms with E-state index in [-0.39, 0.29) is 11.8 Å². The van der Waals surface area contributed by atoms with E-state index in [2.05, 4.69) is 15.3 Å². The van der Waals surface area contributed by atoms with Crippen LogP contribution in [0, 0.1) is 0 Å². The third kappa shape index (κ3) is 1.85. The van der Waals surface area contributed by atoms with E-state index in [0.29, 0.717) is 28.5 Å². The van der Waals surface area contributed by atoms with Crippen LogP contribution in [-0.2, 0) is 0 Å². The quantitative estimate of drug-likeness (QED) is 0.789. The zero-order valence-corrected chi connectivity index (χ0v) is 10.6. The van der Waals surface area contributed by atoms with Crippen LogP contribution in [0.5, 0.6) is 0 Å². The average Bonchev–Trinajstić information content (AvgIpc) is 2.64. The molecule has 2 heterocycles. The van der Waals surface area contributed by atoms with Crippen LogP contribution in [0.15, 0.2) is 30.6 Å². The standard InChI is InChI=1S/C13H11N5O2/c1-18-12(19)8-3-2-7(4-9(8)13(18)20)17-11-5-10(14)15-6-16-11/h2-6H,1H3,(H3,14,15,16,17). The molecule has 0 unspecified atom stereocenters. The van der Waals surface area contributed by atoms with Crippen LogP contribution in [0.4, 0.5) is 17.3 Å². The van der Waals surface area contributed by atoms with Gasteiger partial charge in [0, 0.05) is 18.8 Å². The fourth-order valence-electron chi connectivity index (χ4n) is 2.03. The van der Waals surface area contributed by atoms with Gasteiger partial charge in [0.2, 0.25) is 0 Å². The average molecular weight is 269 g/mol. The maximum Gasteiger partial charge on any atom is 0.261 e. The molecule has 100 valence electrons. The molecule has 0 atom stereocenters. The number of hydrogen-bond donors (Lipinski definition) is 2. The summed E-state index contributed by atoms with van der Waals surface area (Å²) in [4.78, 5) is 32.6. The van der Waals surface area contributed by atoms with Crippen molar-refractivity contribution in [3.8, 4) is 0 Å². The third-order valence-electron chi connectivity index (χ3n) is 3.05. The number of carbonyl (C=O) groups is 2. The Kier molecular flexibility index (Phi) is 2.60. The molecular formula is C13H11N5O2. The lowest BCUT2D eigenvalue weighted by Crippen LogP contribution is -2.24. The normalized spacial score (nSPS) is 13.6. The molecule has 0 saturated heterocycles. The predicted octanol–water partition coefficient (Wildman–Crippen LogP) is 1.03. The van der Waals surface area contributed by atoms with Crippen LogP contribution in [0.2, 0.25) is 0 Å². The number of amides is 2. The summed E-state index contributed by atoms with van der Waals surface area (Å²) in [5.41, 5.74) is 7.00. The van der Waals surface area contributed by atoms with Gasteiger partial charge in [-0.3, -0.25) is 14.5 Å². The first-order chi connectivity index (χ1) is 9.56. The molecule has 7 nitrogen and oxygen atoms in total. The third-order valence-corrected chi connectivity index (χ3v) is 3.05. The summed E-state index contributed by atoms with van der Waals surface area (Å²) in [7, 11) is 1.46. The summed E-state index contributed by atoms with van der Waals surface area (Å²) in [6.07, 6.45) is 1.34. The molecule has 0 fully saturated rings. The lowest BCUT2D eigenvalue weighted by Gasteiger charge is -2.06. The zero-order valence-electron chi connectivity index (χ0n) is 10.6. The molecule has 2 amide bonds. The van der Waals surface area contributed by atoms with Crippen molar-refractivity contribution in [2.45, 2.75) is 0 Å². The number of nitrogens with two attached hydrogens (primary N) is 1. The Morgan fingerprint density at radius 1 is 1.10 bits per heavy atom. The summed E-state index contributed by atoms with van der Waals surface area (Å²) in [6.45, 7) is 0. The number of aromatic nitrogens is 2. The highest BCUT2D eigenvalue weighted by Crippen LogP contribution is 2.26. The van der Waals surface area contributed by atoms with Gasteiger partial charge in [-0.25, -0.2) is 9.97 Å².